The second kappa shape index (κ2) is 7.58. The summed E-state index contributed by atoms with van der Waals surface area (Å²) in [7, 11) is 0. The minimum atomic E-state index is -1.15. The molecule has 2 aliphatic rings. The fourth-order valence-electron chi connectivity index (χ4n) is 4.31. The number of carboxylic acids is 2. The summed E-state index contributed by atoms with van der Waals surface area (Å²) >= 11 is 0. The number of likely N-dealkylation sites (tertiary alicyclic amines) is 1. The van der Waals surface area contributed by atoms with Gasteiger partial charge in [0.15, 0.2) is 0 Å². The summed E-state index contributed by atoms with van der Waals surface area (Å²) in [5.41, 5.74) is 4.30. The van der Waals surface area contributed by atoms with Crippen molar-refractivity contribution in [3.8, 4) is 11.1 Å². The molecule has 2 aromatic rings. The zero-order valence-corrected chi connectivity index (χ0v) is 15.7. The Balaban J connectivity index is 1.53. The molecule has 0 saturated carbocycles. The fourth-order valence-corrected chi connectivity index (χ4v) is 4.31. The zero-order valence-electron chi connectivity index (χ0n) is 15.7. The van der Waals surface area contributed by atoms with Gasteiger partial charge in [0.25, 0.3) is 0 Å². The molecule has 29 heavy (non-hydrogen) atoms. The first-order valence-corrected chi connectivity index (χ1v) is 9.54. The van der Waals surface area contributed by atoms with Crippen LogP contribution in [0, 0.1) is 5.92 Å². The molecule has 1 saturated heterocycles. The number of aliphatic carboxylic acids is 2. The van der Waals surface area contributed by atoms with Crippen molar-refractivity contribution in [2.45, 2.75) is 24.8 Å². The van der Waals surface area contributed by atoms with Crippen molar-refractivity contribution in [2.24, 2.45) is 5.92 Å². The lowest BCUT2D eigenvalue weighted by Crippen LogP contribution is -2.52. The second-order valence-electron chi connectivity index (χ2n) is 7.42. The first-order valence-electron chi connectivity index (χ1n) is 9.54. The van der Waals surface area contributed by atoms with E-state index in [4.69, 9.17) is 4.74 Å². The Hall–Kier alpha value is -3.35. The molecule has 0 aromatic heterocycles. The molecule has 0 bridgehead atoms. The van der Waals surface area contributed by atoms with Crippen LogP contribution in [0.25, 0.3) is 11.1 Å². The summed E-state index contributed by atoms with van der Waals surface area (Å²) in [6.45, 7) is -0.101. The van der Waals surface area contributed by atoms with Crippen LogP contribution in [-0.4, -0.2) is 52.3 Å². The molecule has 7 nitrogen and oxygen atoms in total. The number of hydrogen-bond donors (Lipinski definition) is 2. The van der Waals surface area contributed by atoms with Gasteiger partial charge in [-0.3, -0.25) is 9.69 Å². The van der Waals surface area contributed by atoms with Crippen LogP contribution in [-0.2, 0) is 14.3 Å². The predicted molar refractivity (Wildman–Crippen MR) is 104 cm³/mol. The van der Waals surface area contributed by atoms with Gasteiger partial charge in [-0.15, -0.1) is 0 Å². The lowest BCUT2D eigenvalue weighted by atomic mass is 9.93. The number of piperidine rings is 1. The molecule has 2 unspecified atom stereocenters. The number of nitrogens with zero attached hydrogens (tertiary/aromatic N) is 1. The van der Waals surface area contributed by atoms with Crippen LogP contribution in [0.15, 0.2) is 48.5 Å². The Morgan fingerprint density at radius 1 is 0.897 bits per heavy atom. The molecule has 2 atom stereocenters. The lowest BCUT2D eigenvalue weighted by molar-refractivity contribution is -0.150. The molecule has 0 spiro atoms. The molecule has 1 amide bonds. The number of carbonyl (C=O) groups excluding carboxylic acids is 1. The third-order valence-electron chi connectivity index (χ3n) is 5.79. The first-order chi connectivity index (χ1) is 14.0. The number of amides is 1. The molecular weight excluding hydrogens is 374 g/mol. The predicted octanol–water partition coefficient (Wildman–Crippen LogP) is 3.19. The molecule has 4 rings (SSSR count). The largest absolute Gasteiger partial charge is 0.481 e. The number of rotatable bonds is 4. The van der Waals surface area contributed by atoms with Crippen LogP contribution in [0.1, 0.15) is 29.9 Å². The van der Waals surface area contributed by atoms with Gasteiger partial charge in [0.05, 0.1) is 5.92 Å². The van der Waals surface area contributed by atoms with E-state index < -0.39 is 30.0 Å². The van der Waals surface area contributed by atoms with Gasteiger partial charge in [0.2, 0.25) is 0 Å². The van der Waals surface area contributed by atoms with Gasteiger partial charge >= 0.3 is 18.0 Å². The summed E-state index contributed by atoms with van der Waals surface area (Å²) in [5.74, 6) is -3.12. The number of hydrogen-bond acceptors (Lipinski definition) is 4. The Labute approximate surface area is 167 Å². The van der Waals surface area contributed by atoms with E-state index in [0.29, 0.717) is 0 Å². The number of benzene rings is 2. The summed E-state index contributed by atoms with van der Waals surface area (Å²) in [5, 5.41) is 18.7. The van der Waals surface area contributed by atoms with Gasteiger partial charge in [-0.05, 0) is 35.1 Å². The highest BCUT2D eigenvalue weighted by molar-refractivity contribution is 5.82. The molecule has 150 valence electrons. The molecule has 2 N–H and O–H groups in total. The third-order valence-corrected chi connectivity index (χ3v) is 5.79. The summed E-state index contributed by atoms with van der Waals surface area (Å²) in [6.07, 6.45) is -0.471. The van der Waals surface area contributed by atoms with Crippen LogP contribution in [0.2, 0.25) is 0 Å². The Morgan fingerprint density at radius 2 is 1.48 bits per heavy atom. The highest BCUT2D eigenvalue weighted by Gasteiger charge is 2.40. The summed E-state index contributed by atoms with van der Waals surface area (Å²) in [6, 6.07) is 14.8. The van der Waals surface area contributed by atoms with Crippen molar-refractivity contribution in [1.82, 2.24) is 4.90 Å². The smallest absolute Gasteiger partial charge is 0.410 e. The SMILES string of the molecule is O=C(O)C1CCC(C(=O)O)N(C(=O)OCC2c3ccccc3-c3ccccc32)C1. The molecule has 2 aromatic carbocycles. The van der Waals surface area contributed by atoms with E-state index in [9.17, 15) is 24.6 Å². The van der Waals surface area contributed by atoms with Crippen molar-refractivity contribution in [3.63, 3.8) is 0 Å². The van der Waals surface area contributed by atoms with E-state index in [-0.39, 0.29) is 31.9 Å². The summed E-state index contributed by atoms with van der Waals surface area (Å²) in [4.78, 5) is 36.6. The first kappa shape index (κ1) is 19.0. The average Bonchev–Trinajstić information content (AvgIpc) is 3.05. The van der Waals surface area contributed by atoms with Gasteiger partial charge < -0.3 is 14.9 Å². The van der Waals surface area contributed by atoms with Crippen LogP contribution >= 0.6 is 0 Å². The lowest BCUT2D eigenvalue weighted by Gasteiger charge is -2.35. The zero-order chi connectivity index (χ0) is 20.5. The molecule has 1 fully saturated rings. The highest BCUT2D eigenvalue weighted by Crippen LogP contribution is 2.44. The maximum absolute atomic E-state index is 12.7. The van der Waals surface area contributed by atoms with Crippen LogP contribution in [0.4, 0.5) is 4.79 Å². The quantitative estimate of drug-likeness (QED) is 0.824. The van der Waals surface area contributed by atoms with E-state index in [0.717, 1.165) is 27.2 Å². The highest BCUT2D eigenvalue weighted by atomic mass is 16.6. The van der Waals surface area contributed by atoms with E-state index in [1.165, 1.54) is 0 Å². The standard InChI is InChI=1S/C22H21NO6/c24-20(25)13-9-10-19(21(26)27)23(11-13)22(28)29-12-18-16-7-3-1-5-14(16)15-6-2-4-8-17(15)18/h1-8,13,18-19H,9-12H2,(H,24,25)(H,26,27). The minimum Gasteiger partial charge on any atom is -0.481 e. The Kier molecular flexibility index (Phi) is 4.96. The second-order valence-corrected chi connectivity index (χ2v) is 7.42. The number of carbonyl (C=O) groups is 3. The number of fused-ring (bicyclic) bond motifs is 3. The van der Waals surface area contributed by atoms with E-state index >= 15 is 0 Å². The molecule has 0 radical (unpaired) electrons. The van der Waals surface area contributed by atoms with Gasteiger partial charge in [0, 0.05) is 12.5 Å². The average molecular weight is 395 g/mol. The van der Waals surface area contributed by atoms with Crippen molar-refractivity contribution in [3.05, 3.63) is 59.7 Å². The number of ether oxygens (including phenoxy) is 1. The Morgan fingerprint density at radius 3 is 2.03 bits per heavy atom. The maximum atomic E-state index is 12.7. The number of carboxylic acid groups (broad SMARTS) is 2. The van der Waals surface area contributed by atoms with Crippen LogP contribution < -0.4 is 0 Å². The van der Waals surface area contributed by atoms with Crippen molar-refractivity contribution < 1.29 is 29.3 Å². The van der Waals surface area contributed by atoms with Crippen molar-refractivity contribution >= 4 is 18.0 Å². The molecule has 1 aliphatic heterocycles. The van der Waals surface area contributed by atoms with E-state index in [2.05, 4.69) is 0 Å². The van der Waals surface area contributed by atoms with E-state index in [1.807, 2.05) is 48.5 Å². The molecule has 1 heterocycles. The summed E-state index contributed by atoms with van der Waals surface area (Å²) < 4.78 is 5.52. The van der Waals surface area contributed by atoms with Gasteiger partial charge in [-0.2, -0.15) is 0 Å². The topological polar surface area (TPSA) is 104 Å². The van der Waals surface area contributed by atoms with Crippen molar-refractivity contribution in [2.75, 3.05) is 13.2 Å². The molecular formula is C22H21NO6. The Bertz CT molecular complexity index is 926. The van der Waals surface area contributed by atoms with Gasteiger partial charge in [0.1, 0.15) is 12.6 Å². The molecule has 1 aliphatic carbocycles. The van der Waals surface area contributed by atoms with Crippen LogP contribution in [0.5, 0.6) is 0 Å². The van der Waals surface area contributed by atoms with Gasteiger partial charge in [-0.25, -0.2) is 9.59 Å². The third kappa shape index (κ3) is 3.44. The van der Waals surface area contributed by atoms with Crippen molar-refractivity contribution in [1.29, 1.82) is 0 Å². The normalized spacial score (nSPS) is 20.6. The van der Waals surface area contributed by atoms with E-state index in [1.54, 1.807) is 0 Å². The minimum absolute atomic E-state index is 0.0629. The fraction of sp³-hybridized carbons (Fsp3) is 0.318. The monoisotopic (exact) mass is 395 g/mol. The maximum Gasteiger partial charge on any atom is 0.410 e. The van der Waals surface area contributed by atoms with Crippen LogP contribution in [0.3, 0.4) is 0 Å². The molecule has 7 heteroatoms. The van der Waals surface area contributed by atoms with Gasteiger partial charge in [-0.1, -0.05) is 48.5 Å².